The molecule has 1 aromatic heterocycles. The Labute approximate surface area is 162 Å². The maximum Gasteiger partial charge on any atom is 0.309 e. The van der Waals surface area contributed by atoms with Gasteiger partial charge in [-0.05, 0) is 46.6 Å². The lowest BCUT2D eigenvalue weighted by molar-refractivity contribution is -0.154. The second-order valence-electron chi connectivity index (χ2n) is 6.53. The van der Waals surface area contributed by atoms with Crippen molar-refractivity contribution < 1.29 is 27.8 Å². The molecular weight excluding hydrogens is 429 g/mol. The Morgan fingerprint density at radius 3 is 2.67 bits per heavy atom. The molecule has 1 fully saturated rings. The molecule has 1 N–H and O–H groups in total. The van der Waals surface area contributed by atoms with E-state index in [1.165, 1.54) is 28.9 Å². The lowest BCUT2D eigenvalue weighted by atomic mass is 9.75. The Kier molecular flexibility index (Phi) is 5.62. The second-order valence-corrected chi connectivity index (χ2v) is 7.32. The van der Waals surface area contributed by atoms with Crippen molar-refractivity contribution in [2.24, 2.45) is 5.92 Å². The van der Waals surface area contributed by atoms with Gasteiger partial charge in [0.1, 0.15) is 5.82 Å². The highest BCUT2D eigenvalue weighted by Gasteiger charge is 2.47. The van der Waals surface area contributed by atoms with Gasteiger partial charge >= 0.3 is 5.97 Å². The predicted molar refractivity (Wildman–Crippen MR) is 94.2 cm³/mol. The molecule has 2 atom stereocenters. The van der Waals surface area contributed by atoms with Crippen molar-refractivity contribution in [3.05, 3.63) is 45.9 Å². The van der Waals surface area contributed by atoms with E-state index in [0.29, 0.717) is 21.5 Å². The van der Waals surface area contributed by atoms with E-state index in [4.69, 9.17) is 4.74 Å². The highest BCUT2D eigenvalue weighted by Crippen LogP contribution is 2.47. The number of halogens is 4. The first-order chi connectivity index (χ1) is 12.8. The Morgan fingerprint density at radius 2 is 2.07 bits per heavy atom. The molecular formula is C18H18BrF3N2O3. The van der Waals surface area contributed by atoms with Gasteiger partial charge in [0.25, 0.3) is 0 Å². The first kappa shape index (κ1) is 19.9. The molecule has 5 nitrogen and oxygen atoms in total. The van der Waals surface area contributed by atoms with Crippen molar-refractivity contribution in [2.75, 3.05) is 7.11 Å². The summed E-state index contributed by atoms with van der Waals surface area (Å²) in [6.45, 7) is -0.378. The molecule has 0 unspecified atom stereocenters. The molecule has 9 heteroatoms. The van der Waals surface area contributed by atoms with Crippen LogP contribution in [0.1, 0.15) is 36.6 Å². The molecule has 27 heavy (non-hydrogen) atoms. The number of carbonyl (C=O) groups is 1. The lowest BCUT2D eigenvalue weighted by Gasteiger charge is -2.33. The third kappa shape index (κ3) is 3.89. The van der Waals surface area contributed by atoms with Crippen LogP contribution in [0.5, 0.6) is 0 Å². The van der Waals surface area contributed by atoms with Gasteiger partial charge in [-0.15, -0.1) is 0 Å². The van der Waals surface area contributed by atoms with E-state index in [-0.39, 0.29) is 19.4 Å². The first-order valence-electron chi connectivity index (χ1n) is 8.37. The first-order valence-corrected chi connectivity index (χ1v) is 9.16. The summed E-state index contributed by atoms with van der Waals surface area (Å²) in [7, 11) is 1.16. The number of ether oxygens (including phenoxy) is 1. The fourth-order valence-electron chi connectivity index (χ4n) is 3.48. The number of esters is 1. The van der Waals surface area contributed by atoms with Gasteiger partial charge in [0.15, 0.2) is 0 Å². The number of hydrogen-bond acceptors (Lipinski definition) is 4. The Morgan fingerprint density at radius 1 is 1.41 bits per heavy atom. The standard InChI is InChI=1S/C18H18BrF3N2O3/c1-27-17(26)13-8-18(21,22)7-6-12(13)16-15(19)14(9-25)24(23-16)11-4-2-10(20)3-5-11/h2-5,12-13,25H,6-9H2,1H3/t12-,13-/m1/s1. The van der Waals surface area contributed by atoms with Gasteiger partial charge in [-0.25, -0.2) is 17.9 Å². The molecule has 0 amide bonds. The van der Waals surface area contributed by atoms with Crippen LogP contribution in [0.15, 0.2) is 28.7 Å². The number of carbonyl (C=O) groups excluding carboxylic acids is 1. The van der Waals surface area contributed by atoms with E-state index in [1.807, 2.05) is 0 Å². The van der Waals surface area contributed by atoms with Crippen LogP contribution in [0.4, 0.5) is 13.2 Å². The molecule has 1 heterocycles. The van der Waals surface area contributed by atoms with Crippen molar-refractivity contribution in [3.8, 4) is 5.69 Å². The van der Waals surface area contributed by atoms with Crippen molar-refractivity contribution in [2.45, 2.75) is 37.7 Å². The van der Waals surface area contributed by atoms with Gasteiger partial charge in [-0.3, -0.25) is 4.79 Å². The van der Waals surface area contributed by atoms with Crippen molar-refractivity contribution in [1.82, 2.24) is 9.78 Å². The van der Waals surface area contributed by atoms with Gasteiger partial charge in [0.2, 0.25) is 5.92 Å². The zero-order valence-corrected chi connectivity index (χ0v) is 16.0. The third-order valence-electron chi connectivity index (χ3n) is 4.84. The Balaban J connectivity index is 2.05. The Hall–Kier alpha value is -1.87. The topological polar surface area (TPSA) is 64.3 Å². The maximum atomic E-state index is 13.9. The van der Waals surface area contributed by atoms with E-state index in [2.05, 4.69) is 21.0 Å². The SMILES string of the molecule is COC(=O)[C@@H]1CC(F)(F)CC[C@H]1c1nn(-c2ccc(F)cc2)c(CO)c1Br. The van der Waals surface area contributed by atoms with E-state index in [0.717, 1.165) is 7.11 Å². The molecule has 3 rings (SSSR count). The molecule has 0 saturated heterocycles. The summed E-state index contributed by atoms with van der Waals surface area (Å²) in [5.41, 5.74) is 1.29. The molecule has 1 aliphatic rings. The smallest absolute Gasteiger partial charge is 0.309 e. The molecule has 1 aliphatic carbocycles. The summed E-state index contributed by atoms with van der Waals surface area (Å²) in [5.74, 6) is -5.71. The van der Waals surface area contributed by atoms with Gasteiger partial charge in [0, 0.05) is 18.8 Å². The van der Waals surface area contributed by atoms with Crippen LogP contribution in [0.25, 0.3) is 5.69 Å². The lowest BCUT2D eigenvalue weighted by Crippen LogP contribution is -2.36. The largest absolute Gasteiger partial charge is 0.469 e. The third-order valence-corrected chi connectivity index (χ3v) is 5.71. The van der Waals surface area contributed by atoms with E-state index >= 15 is 0 Å². The highest BCUT2D eigenvalue weighted by molar-refractivity contribution is 9.10. The van der Waals surface area contributed by atoms with Crippen LogP contribution in [-0.4, -0.2) is 33.9 Å². The van der Waals surface area contributed by atoms with Gasteiger partial charge in [0.05, 0.1) is 41.2 Å². The summed E-state index contributed by atoms with van der Waals surface area (Å²) >= 11 is 3.38. The van der Waals surface area contributed by atoms with E-state index < -0.39 is 36.0 Å². The van der Waals surface area contributed by atoms with E-state index in [1.54, 1.807) is 0 Å². The number of rotatable bonds is 4. The van der Waals surface area contributed by atoms with E-state index in [9.17, 15) is 23.1 Å². The summed E-state index contributed by atoms with van der Waals surface area (Å²) in [4.78, 5) is 12.1. The quantitative estimate of drug-likeness (QED) is 0.721. The van der Waals surface area contributed by atoms with Crippen LogP contribution in [0.3, 0.4) is 0 Å². The molecule has 0 aliphatic heterocycles. The summed E-state index contributed by atoms with van der Waals surface area (Å²) in [5, 5.41) is 14.2. The fourth-order valence-corrected chi connectivity index (χ4v) is 4.15. The minimum absolute atomic E-state index is 0.0522. The zero-order valence-electron chi connectivity index (χ0n) is 14.5. The van der Waals surface area contributed by atoms with Gasteiger partial charge in [-0.2, -0.15) is 5.10 Å². The van der Waals surface area contributed by atoms with Crippen molar-refractivity contribution in [1.29, 1.82) is 0 Å². The second kappa shape index (κ2) is 7.63. The minimum atomic E-state index is -2.94. The van der Waals surface area contributed by atoms with Crippen LogP contribution >= 0.6 is 15.9 Å². The number of aliphatic hydroxyl groups excluding tert-OH is 1. The minimum Gasteiger partial charge on any atom is -0.469 e. The highest BCUT2D eigenvalue weighted by atomic mass is 79.9. The van der Waals surface area contributed by atoms with Gasteiger partial charge < -0.3 is 9.84 Å². The number of aliphatic hydroxyl groups is 1. The summed E-state index contributed by atoms with van der Waals surface area (Å²) in [6, 6.07) is 5.49. The van der Waals surface area contributed by atoms with Gasteiger partial charge in [-0.1, -0.05) is 0 Å². The summed E-state index contributed by atoms with van der Waals surface area (Å²) in [6.07, 6.45) is -0.930. The predicted octanol–water partition coefficient (Wildman–Crippen LogP) is 3.96. The normalized spacial score (nSPS) is 21.9. The number of nitrogens with zero attached hydrogens (tertiary/aromatic N) is 2. The number of methoxy groups -OCH3 is 1. The molecule has 0 bridgehead atoms. The maximum absolute atomic E-state index is 13.9. The molecule has 2 aromatic rings. The molecule has 1 aromatic carbocycles. The fraction of sp³-hybridized carbons (Fsp3) is 0.444. The summed E-state index contributed by atoms with van der Waals surface area (Å²) < 4.78 is 47.5. The van der Waals surface area contributed by atoms with Crippen LogP contribution in [0, 0.1) is 11.7 Å². The average molecular weight is 447 g/mol. The molecule has 146 valence electrons. The van der Waals surface area contributed by atoms with Crippen LogP contribution in [0.2, 0.25) is 0 Å². The zero-order chi connectivity index (χ0) is 19.8. The monoisotopic (exact) mass is 446 g/mol. The molecule has 0 radical (unpaired) electrons. The van der Waals surface area contributed by atoms with Crippen molar-refractivity contribution in [3.63, 3.8) is 0 Å². The number of hydrogen-bond donors (Lipinski definition) is 1. The molecule has 1 saturated carbocycles. The number of aromatic nitrogens is 2. The number of benzene rings is 1. The van der Waals surface area contributed by atoms with Crippen LogP contribution in [-0.2, 0) is 16.1 Å². The van der Waals surface area contributed by atoms with Crippen LogP contribution < -0.4 is 0 Å². The number of alkyl halides is 2. The van der Waals surface area contributed by atoms with Crippen molar-refractivity contribution >= 4 is 21.9 Å². The Bertz CT molecular complexity index is 839. The average Bonchev–Trinajstić information content (AvgIpc) is 2.97. The molecule has 0 spiro atoms.